The number of imidazole rings is 1. The van der Waals surface area contributed by atoms with Gasteiger partial charge in [-0.2, -0.15) is 6.08 Å². The van der Waals surface area contributed by atoms with Gasteiger partial charge in [0.25, 0.3) is 5.91 Å². The Labute approximate surface area is 194 Å². The number of rotatable bonds is 7. The number of carbonyl (C=O) groups is 1. The van der Waals surface area contributed by atoms with Crippen molar-refractivity contribution in [1.82, 2.24) is 14.5 Å². The maximum Gasteiger partial charge on any atom is 1.00 e. The molecule has 0 saturated carbocycles. The van der Waals surface area contributed by atoms with Crippen LogP contribution >= 0.6 is 23.2 Å². The SMILES string of the molecule is CCN(C)C/C=C/[C-]=O.[CH2-]Cn1c(C(=O)Nc2cc(Cl)ccc2Cl)cnc1[CH2-].[Li+]. The van der Waals surface area contributed by atoms with Crippen molar-refractivity contribution in [2.45, 2.75) is 13.5 Å². The third kappa shape index (κ3) is 9.12. The number of likely N-dealkylation sites (N-methyl/N-ethyl adjacent to an activating group) is 1. The van der Waals surface area contributed by atoms with Gasteiger partial charge in [-0.05, 0) is 50.4 Å². The van der Waals surface area contributed by atoms with E-state index in [1.54, 1.807) is 35.1 Å². The van der Waals surface area contributed by atoms with Crippen LogP contribution in [-0.2, 0) is 11.3 Å². The van der Waals surface area contributed by atoms with Gasteiger partial charge in [0.2, 0.25) is 0 Å². The number of hydrogen-bond acceptors (Lipinski definition) is 4. The average molecular weight is 429 g/mol. The van der Waals surface area contributed by atoms with Crippen molar-refractivity contribution in [3.8, 4) is 0 Å². The Hall–Kier alpha value is -1.68. The number of carbonyl (C=O) groups excluding carboxylic acids is 2. The summed E-state index contributed by atoms with van der Waals surface area (Å²) in [6.07, 6.45) is 6.32. The van der Waals surface area contributed by atoms with Gasteiger partial charge in [0.15, 0.2) is 0 Å². The fourth-order valence-electron chi connectivity index (χ4n) is 2.03. The number of nitrogens with zero attached hydrogens (tertiary/aromatic N) is 3. The Bertz CT molecular complexity index is 825. The maximum absolute atomic E-state index is 12.1. The molecule has 2 rings (SSSR count). The number of halogens is 2. The van der Waals surface area contributed by atoms with Crippen LogP contribution in [0.25, 0.3) is 0 Å². The smallest absolute Gasteiger partial charge is 0.419 e. The third-order valence-corrected chi connectivity index (χ3v) is 4.28. The second-order valence-corrected chi connectivity index (χ2v) is 6.51. The van der Waals surface area contributed by atoms with E-state index in [1.807, 2.05) is 7.05 Å². The zero-order valence-corrected chi connectivity index (χ0v) is 18.4. The number of amides is 1. The van der Waals surface area contributed by atoms with Crippen LogP contribution in [0.5, 0.6) is 0 Å². The van der Waals surface area contributed by atoms with Gasteiger partial charge in [0.1, 0.15) is 5.69 Å². The molecule has 0 aliphatic heterocycles. The Morgan fingerprint density at radius 1 is 1.41 bits per heavy atom. The zero-order chi connectivity index (χ0) is 21.1. The van der Waals surface area contributed by atoms with Gasteiger partial charge < -0.3 is 33.4 Å². The normalized spacial score (nSPS) is 10.3. The van der Waals surface area contributed by atoms with Crippen LogP contribution in [0.15, 0.2) is 36.5 Å². The summed E-state index contributed by atoms with van der Waals surface area (Å²) < 4.78 is 1.60. The number of hydrogen-bond donors (Lipinski definition) is 1. The quantitative estimate of drug-likeness (QED) is 0.406. The molecule has 1 aromatic heterocycles. The second kappa shape index (κ2) is 14.3. The van der Waals surface area contributed by atoms with Gasteiger partial charge in [0.05, 0.1) is 16.9 Å². The molecule has 0 aliphatic rings. The summed E-state index contributed by atoms with van der Waals surface area (Å²) in [5, 5.41) is 3.58. The summed E-state index contributed by atoms with van der Waals surface area (Å²) in [5.74, 6) is 0.146. The Morgan fingerprint density at radius 2 is 2.10 bits per heavy atom. The summed E-state index contributed by atoms with van der Waals surface area (Å²) in [4.78, 5) is 27.9. The van der Waals surface area contributed by atoms with Crippen molar-refractivity contribution < 1.29 is 28.4 Å². The molecule has 2 aromatic rings. The predicted octanol–water partition coefficient (Wildman–Crippen LogP) is 1.07. The molecule has 0 fully saturated rings. The summed E-state index contributed by atoms with van der Waals surface area (Å²) in [6.45, 7) is 11.7. The molecule has 1 heterocycles. The maximum atomic E-state index is 12.1. The monoisotopic (exact) mass is 428 g/mol. The topological polar surface area (TPSA) is 67.2 Å². The van der Waals surface area contributed by atoms with Crippen molar-refractivity contribution in [2.75, 3.05) is 25.5 Å². The first-order chi connectivity index (χ1) is 13.3. The van der Waals surface area contributed by atoms with E-state index in [9.17, 15) is 9.59 Å². The van der Waals surface area contributed by atoms with Crippen molar-refractivity contribution in [1.29, 1.82) is 0 Å². The first-order valence-electron chi connectivity index (χ1n) is 8.48. The molecule has 152 valence electrons. The molecule has 0 atom stereocenters. The van der Waals surface area contributed by atoms with Gasteiger partial charge in [-0.3, -0.25) is 9.78 Å². The molecule has 6 nitrogen and oxygen atoms in total. The summed E-state index contributed by atoms with van der Waals surface area (Å²) in [7, 11) is 2.00. The second-order valence-electron chi connectivity index (χ2n) is 5.66. The van der Waals surface area contributed by atoms with Crippen LogP contribution in [-0.4, -0.2) is 46.8 Å². The van der Waals surface area contributed by atoms with E-state index < -0.39 is 0 Å². The number of aromatic nitrogens is 2. The molecule has 0 aliphatic carbocycles. The zero-order valence-electron chi connectivity index (χ0n) is 16.9. The first-order valence-corrected chi connectivity index (χ1v) is 9.23. The van der Waals surface area contributed by atoms with Gasteiger partial charge in [-0.15, -0.1) is 6.54 Å². The Morgan fingerprint density at radius 3 is 2.69 bits per heavy atom. The van der Waals surface area contributed by atoms with Crippen LogP contribution in [0.1, 0.15) is 23.2 Å². The largest absolute Gasteiger partial charge is 1.00 e. The molecule has 0 radical (unpaired) electrons. The van der Waals surface area contributed by atoms with Gasteiger partial charge in [-0.25, -0.2) is 6.08 Å². The fraction of sp³-hybridized carbons (Fsp3) is 0.250. The van der Waals surface area contributed by atoms with Crippen LogP contribution in [0.4, 0.5) is 5.69 Å². The van der Waals surface area contributed by atoms with Crippen LogP contribution in [0.2, 0.25) is 10.0 Å². The molecule has 1 amide bonds. The van der Waals surface area contributed by atoms with Crippen molar-refractivity contribution in [3.63, 3.8) is 0 Å². The van der Waals surface area contributed by atoms with E-state index in [1.165, 1.54) is 12.3 Å². The standard InChI is InChI=1S/C13H11Cl2N3O.C7H12NO.Li/c1-3-18-8(2)16-7-12(18)13(19)17-11-6-9(14)4-5-10(11)15;1-3-8(2)6-4-5-7-9;/h4-7H,1-3H2,(H,17,19);4-5H,3,6H2,1-2H3;/q-2;-1;+1/b;5-4+;. The van der Waals surface area contributed by atoms with E-state index in [0.717, 1.165) is 13.1 Å². The molecule has 0 saturated heterocycles. The molecule has 9 heteroatoms. The number of nitrogens with one attached hydrogen (secondary N) is 1. The number of allylic oxidation sites excluding steroid dienone is 1. The molecular formula is C20H23Cl2LiN4O2-2. The summed E-state index contributed by atoms with van der Waals surface area (Å²) in [5.41, 5.74) is 0.817. The molecule has 1 N–H and O–H groups in total. The average Bonchev–Trinajstić information content (AvgIpc) is 3.06. The van der Waals surface area contributed by atoms with Crippen molar-refractivity contribution in [3.05, 3.63) is 72.0 Å². The van der Waals surface area contributed by atoms with Crippen LogP contribution < -0.4 is 24.2 Å². The summed E-state index contributed by atoms with van der Waals surface area (Å²) >= 11 is 11.8. The van der Waals surface area contributed by atoms with E-state index in [0.29, 0.717) is 33.8 Å². The van der Waals surface area contributed by atoms with Crippen molar-refractivity contribution >= 4 is 41.1 Å². The minimum atomic E-state index is -0.338. The third-order valence-electron chi connectivity index (χ3n) is 3.71. The van der Waals surface area contributed by atoms with E-state index in [-0.39, 0.29) is 24.8 Å². The molecule has 0 spiro atoms. The van der Waals surface area contributed by atoms with E-state index in [4.69, 9.17) is 23.2 Å². The Kier molecular flexibility index (Phi) is 13.5. The summed E-state index contributed by atoms with van der Waals surface area (Å²) in [6, 6.07) is 4.84. The minimum Gasteiger partial charge on any atom is -0.419 e. The fourth-order valence-corrected chi connectivity index (χ4v) is 2.37. The molecule has 29 heavy (non-hydrogen) atoms. The van der Waals surface area contributed by atoms with E-state index >= 15 is 0 Å². The number of benzene rings is 1. The van der Waals surface area contributed by atoms with Gasteiger partial charge in [0, 0.05) is 5.02 Å². The Balaban J connectivity index is 0.000000672. The number of anilines is 1. The van der Waals surface area contributed by atoms with Crippen LogP contribution in [0.3, 0.4) is 0 Å². The molecular weight excluding hydrogens is 406 g/mol. The van der Waals surface area contributed by atoms with Gasteiger partial charge >= 0.3 is 18.9 Å². The minimum absolute atomic E-state index is 0. The first kappa shape index (κ1) is 27.3. The van der Waals surface area contributed by atoms with Gasteiger partial charge in [-0.1, -0.05) is 30.1 Å². The molecule has 1 aromatic carbocycles. The van der Waals surface area contributed by atoms with Crippen LogP contribution in [0, 0.1) is 13.8 Å². The molecule has 0 bridgehead atoms. The van der Waals surface area contributed by atoms with Crippen molar-refractivity contribution in [2.24, 2.45) is 0 Å². The van der Waals surface area contributed by atoms with E-state index in [2.05, 4.69) is 36.0 Å². The molecule has 0 unspecified atom stereocenters. The predicted molar refractivity (Wildman–Crippen MR) is 114 cm³/mol.